The number of hydrogen-bond acceptors (Lipinski definition) is 5. The Morgan fingerprint density at radius 1 is 1.41 bits per heavy atom. The van der Waals surface area contributed by atoms with Crippen molar-refractivity contribution in [2.24, 2.45) is 9.98 Å². The third-order valence-corrected chi connectivity index (χ3v) is 5.35. The smallest absolute Gasteiger partial charge is 0.209 e. The third-order valence-electron chi connectivity index (χ3n) is 3.75. The maximum atomic E-state index is 9.16. The van der Waals surface area contributed by atoms with Gasteiger partial charge in [0.2, 0.25) is 11.0 Å². The van der Waals surface area contributed by atoms with Crippen molar-refractivity contribution < 1.29 is 4.74 Å². The molecule has 2 rings (SSSR count). The molecule has 0 saturated carbocycles. The minimum Gasteiger partial charge on any atom is -0.496 e. The summed E-state index contributed by atoms with van der Waals surface area (Å²) < 4.78 is 7.28. The fraction of sp³-hybridized carbons (Fsp3) is 0.474. The van der Waals surface area contributed by atoms with Crippen LogP contribution in [0.5, 0.6) is 5.75 Å². The van der Waals surface area contributed by atoms with E-state index in [0.29, 0.717) is 21.1 Å². The number of amidine groups is 1. The highest BCUT2D eigenvalue weighted by Crippen LogP contribution is 2.25. The number of rotatable bonds is 5. The summed E-state index contributed by atoms with van der Waals surface area (Å²) >= 11 is 7.64. The third kappa shape index (κ3) is 5.41. The molecule has 0 aliphatic heterocycles. The molecule has 8 heteroatoms. The van der Waals surface area contributed by atoms with Gasteiger partial charge in [-0.25, -0.2) is 4.68 Å². The molecule has 0 radical (unpaired) electrons. The number of aliphatic imine (C=N–C) groups is 1. The van der Waals surface area contributed by atoms with E-state index in [2.05, 4.69) is 37.7 Å². The molecule has 27 heavy (non-hydrogen) atoms. The second-order valence-corrected chi connectivity index (χ2v) is 8.40. The summed E-state index contributed by atoms with van der Waals surface area (Å²) in [7, 11) is 1.56. The van der Waals surface area contributed by atoms with Crippen LogP contribution in [0, 0.1) is 11.5 Å². The first kappa shape index (κ1) is 21.1. The largest absolute Gasteiger partial charge is 0.496 e. The molecule has 0 spiro atoms. The lowest BCUT2D eigenvalue weighted by molar-refractivity contribution is 0.414. The van der Waals surface area contributed by atoms with Crippen LogP contribution in [0.3, 0.4) is 0 Å². The molecular formula is C19H24ClN5OS. The summed E-state index contributed by atoms with van der Waals surface area (Å²) in [6.07, 6.45) is 3.87. The normalized spacial score (nSPS) is 12.9. The first-order valence-electron chi connectivity index (χ1n) is 8.74. The van der Waals surface area contributed by atoms with Gasteiger partial charge in [0, 0.05) is 17.0 Å². The number of ether oxygens (including phenoxy) is 1. The van der Waals surface area contributed by atoms with E-state index in [1.165, 1.54) is 11.3 Å². The highest BCUT2D eigenvalue weighted by atomic mass is 35.5. The maximum absolute atomic E-state index is 9.16. The van der Waals surface area contributed by atoms with Crippen molar-refractivity contribution in [2.75, 3.05) is 7.11 Å². The molecule has 1 heterocycles. The average Bonchev–Trinajstić information content (AvgIpc) is 3.02. The predicted molar refractivity (Wildman–Crippen MR) is 109 cm³/mol. The van der Waals surface area contributed by atoms with Crippen molar-refractivity contribution in [2.45, 2.75) is 52.5 Å². The zero-order valence-electron chi connectivity index (χ0n) is 16.3. The van der Waals surface area contributed by atoms with Gasteiger partial charge in [0.25, 0.3) is 0 Å². The Kier molecular flexibility index (Phi) is 7.17. The van der Waals surface area contributed by atoms with Crippen molar-refractivity contribution in [1.29, 1.82) is 5.26 Å². The number of halogens is 1. The van der Waals surface area contributed by atoms with E-state index in [0.717, 1.165) is 24.4 Å². The Balaban J connectivity index is 2.66. The molecule has 0 saturated heterocycles. The number of nitriles is 1. The highest BCUT2D eigenvalue weighted by molar-refractivity contribution is 7.09. The molecule has 0 atom stereocenters. The molecule has 0 fully saturated rings. The maximum Gasteiger partial charge on any atom is 0.209 e. The number of methoxy groups -OCH3 is 1. The summed E-state index contributed by atoms with van der Waals surface area (Å²) in [6, 6.07) is 5.15. The van der Waals surface area contributed by atoms with Gasteiger partial charge in [0.1, 0.15) is 10.8 Å². The molecule has 1 aromatic carbocycles. The van der Waals surface area contributed by atoms with Crippen LogP contribution in [0.25, 0.3) is 0 Å². The fourth-order valence-corrected chi connectivity index (χ4v) is 3.45. The molecular weight excluding hydrogens is 382 g/mol. The van der Waals surface area contributed by atoms with E-state index in [9.17, 15) is 0 Å². The van der Waals surface area contributed by atoms with Crippen molar-refractivity contribution in [3.8, 4) is 11.9 Å². The Morgan fingerprint density at radius 2 is 2.15 bits per heavy atom. The Labute approximate surface area is 168 Å². The van der Waals surface area contributed by atoms with Gasteiger partial charge in [-0.1, -0.05) is 57.1 Å². The molecule has 0 bridgehead atoms. The number of hydrogen-bond donors (Lipinski definition) is 0. The number of aryl methyl sites for hydroxylation is 1. The molecule has 0 aliphatic rings. The zero-order valence-corrected chi connectivity index (χ0v) is 17.9. The second-order valence-electron chi connectivity index (χ2n) is 7.01. The van der Waals surface area contributed by atoms with Gasteiger partial charge in [-0.2, -0.15) is 20.3 Å². The van der Waals surface area contributed by atoms with Gasteiger partial charge in [-0.05, 0) is 24.6 Å². The minimum absolute atomic E-state index is 0.0906. The molecule has 6 nitrogen and oxygen atoms in total. The van der Waals surface area contributed by atoms with Crippen LogP contribution in [0.2, 0.25) is 5.02 Å². The lowest BCUT2D eigenvalue weighted by Crippen LogP contribution is -2.19. The van der Waals surface area contributed by atoms with Gasteiger partial charge in [0.15, 0.2) is 5.84 Å². The van der Waals surface area contributed by atoms with Crippen LogP contribution in [0.4, 0.5) is 0 Å². The van der Waals surface area contributed by atoms with Crippen molar-refractivity contribution in [1.82, 2.24) is 9.78 Å². The second kappa shape index (κ2) is 9.16. The highest BCUT2D eigenvalue weighted by Gasteiger charge is 2.20. The molecule has 144 valence electrons. The number of benzene rings is 1. The first-order chi connectivity index (χ1) is 12.8. The molecule has 0 N–H and O–H groups in total. The van der Waals surface area contributed by atoms with Crippen LogP contribution in [0.15, 0.2) is 28.2 Å². The number of unbranched alkanes of at least 4 members (excludes halogenated alkanes) is 1. The standard InChI is InChI=1S/C19H24ClN5OS/c1-6-7-10-25-18(27-17(24-25)19(2,3)4)23-16(22-12-21)14-11-13(20)8-9-15(14)26-5/h8-9,11H,6-7,10H2,1-5H3/b22-16+,23-18-. The zero-order chi connectivity index (χ0) is 20.0. The molecule has 0 aliphatic carbocycles. The Hall–Kier alpha value is -2.17. The van der Waals surface area contributed by atoms with E-state index >= 15 is 0 Å². The van der Waals surface area contributed by atoms with E-state index in [1.807, 2.05) is 10.9 Å². The number of aromatic nitrogens is 2. The summed E-state index contributed by atoms with van der Waals surface area (Å²) in [5.41, 5.74) is 0.478. The van der Waals surface area contributed by atoms with Crippen LogP contribution >= 0.6 is 22.9 Å². The van der Waals surface area contributed by atoms with Gasteiger partial charge in [0.05, 0.1) is 12.7 Å². The Morgan fingerprint density at radius 3 is 2.74 bits per heavy atom. The lowest BCUT2D eigenvalue weighted by atomic mass is 9.98. The first-order valence-corrected chi connectivity index (χ1v) is 9.93. The van der Waals surface area contributed by atoms with Crippen LogP contribution in [0.1, 0.15) is 51.1 Å². The van der Waals surface area contributed by atoms with Gasteiger partial charge >= 0.3 is 0 Å². The van der Waals surface area contributed by atoms with Crippen LogP contribution in [-0.2, 0) is 12.0 Å². The summed E-state index contributed by atoms with van der Waals surface area (Å²) in [5, 5.41) is 15.4. The molecule has 2 aromatic rings. The van der Waals surface area contributed by atoms with Gasteiger partial charge in [-0.15, -0.1) is 0 Å². The van der Waals surface area contributed by atoms with E-state index < -0.39 is 0 Å². The topological polar surface area (TPSA) is 75.6 Å². The van der Waals surface area contributed by atoms with Crippen molar-refractivity contribution in [3.05, 3.63) is 38.6 Å². The quantitative estimate of drug-likeness (QED) is 0.416. The predicted octanol–water partition coefficient (Wildman–Crippen LogP) is 4.53. The Bertz CT molecular complexity index is 931. The van der Waals surface area contributed by atoms with E-state index in [1.54, 1.807) is 25.3 Å². The average molecular weight is 406 g/mol. The van der Waals surface area contributed by atoms with Crippen molar-refractivity contribution in [3.63, 3.8) is 0 Å². The van der Waals surface area contributed by atoms with E-state index in [-0.39, 0.29) is 11.3 Å². The fourth-order valence-electron chi connectivity index (χ4n) is 2.29. The SMILES string of the molecule is CCCCn1nc(C(C)(C)C)s/c1=N\C(=N\C#N)c1cc(Cl)ccc1OC. The summed E-state index contributed by atoms with van der Waals surface area (Å²) in [4.78, 5) is 9.28. The lowest BCUT2D eigenvalue weighted by Gasteiger charge is -2.12. The van der Waals surface area contributed by atoms with E-state index in [4.69, 9.17) is 26.7 Å². The molecule has 0 amide bonds. The van der Waals surface area contributed by atoms with Gasteiger partial charge < -0.3 is 4.74 Å². The van der Waals surface area contributed by atoms with Crippen molar-refractivity contribution >= 4 is 28.8 Å². The summed E-state index contributed by atoms with van der Waals surface area (Å²) in [5.74, 6) is 0.809. The van der Waals surface area contributed by atoms with Crippen LogP contribution < -0.4 is 9.54 Å². The monoisotopic (exact) mass is 405 g/mol. The van der Waals surface area contributed by atoms with Gasteiger partial charge in [-0.3, -0.25) is 0 Å². The number of nitrogens with zero attached hydrogens (tertiary/aromatic N) is 5. The summed E-state index contributed by atoms with van der Waals surface area (Å²) in [6.45, 7) is 9.24. The minimum atomic E-state index is -0.0906. The molecule has 1 aromatic heterocycles. The molecule has 0 unspecified atom stereocenters. The van der Waals surface area contributed by atoms with Crippen LogP contribution in [-0.4, -0.2) is 22.7 Å².